The molecule has 7 N–H and O–H groups in total. The number of primary amides is 1. The maximum absolute atomic E-state index is 10.7. The van der Waals surface area contributed by atoms with Gasteiger partial charge in [0.05, 0.1) is 13.2 Å². The molecule has 0 radical (unpaired) electrons. The normalized spacial score (nSPS) is 41.5. The molecule has 0 aromatic heterocycles. The summed E-state index contributed by atoms with van der Waals surface area (Å²) in [5.41, 5.74) is 8.31. The van der Waals surface area contributed by atoms with Crippen molar-refractivity contribution in [1.82, 2.24) is 0 Å². The van der Waals surface area contributed by atoms with E-state index in [4.69, 9.17) is 21.3 Å². The van der Waals surface area contributed by atoms with Gasteiger partial charge in [-0.3, -0.25) is 10.5 Å². The molecule has 0 spiro atoms. The van der Waals surface area contributed by atoms with Crippen LogP contribution in [0.5, 0.6) is 0 Å². The number of carbonyl (C=O) groups excluding carboxylic acids is 1. The first-order valence-corrected chi connectivity index (χ1v) is 4.59. The van der Waals surface area contributed by atoms with Gasteiger partial charge in [0.1, 0.15) is 12.2 Å². The molecule has 0 unspecified atom stereocenters. The lowest BCUT2D eigenvalue weighted by Gasteiger charge is -2.43. The Morgan fingerprint density at radius 3 is 2.67 bits per heavy atom. The number of amides is 1. The van der Waals surface area contributed by atoms with Crippen LogP contribution < -0.4 is 11.5 Å². The van der Waals surface area contributed by atoms with E-state index in [1.807, 2.05) is 0 Å². The van der Waals surface area contributed by atoms with Crippen LogP contribution in [0.15, 0.2) is 0 Å². The molecule has 1 rings (SSSR count). The Balaban J connectivity index is 2.72. The van der Waals surface area contributed by atoms with Gasteiger partial charge in [0.25, 0.3) is 0 Å². The van der Waals surface area contributed by atoms with Gasteiger partial charge in [0.15, 0.2) is 5.72 Å². The van der Waals surface area contributed by atoms with Crippen molar-refractivity contribution >= 4 is 5.91 Å². The zero-order chi connectivity index (χ0) is 11.6. The second kappa shape index (κ2) is 4.42. The number of carbonyl (C=O) groups is 1. The fraction of sp³-hybridized carbons (Fsp3) is 0.875. The molecule has 15 heavy (non-hydrogen) atoms. The Bertz CT molecular complexity index is 245. The zero-order valence-electron chi connectivity index (χ0n) is 8.17. The highest BCUT2D eigenvalue weighted by Crippen LogP contribution is 2.27. The van der Waals surface area contributed by atoms with Gasteiger partial charge in [0.2, 0.25) is 5.91 Å². The molecule has 0 aliphatic carbocycles. The summed E-state index contributed by atoms with van der Waals surface area (Å²) in [6.45, 7) is -0.484. The smallest absolute Gasteiger partial charge is 0.217 e. The van der Waals surface area contributed by atoms with Gasteiger partial charge in [-0.05, 0) is 0 Å². The van der Waals surface area contributed by atoms with Gasteiger partial charge in [-0.15, -0.1) is 0 Å². The van der Waals surface area contributed by atoms with Crippen molar-refractivity contribution in [3.63, 3.8) is 0 Å². The largest absolute Gasteiger partial charge is 0.393 e. The minimum atomic E-state index is -2.06. The van der Waals surface area contributed by atoms with Crippen molar-refractivity contribution < 1.29 is 24.9 Å². The standard InChI is InChI=1S/C8H16N2O5/c9-6(12)1-4-3-15-5(2-11)8(10,14)7(4)13/h4-5,7,11,13-14H,1-3,10H2,(H2,9,12)/t4-,5-,7-,8+/m1/s1. The molecule has 0 aromatic rings. The highest BCUT2D eigenvalue weighted by molar-refractivity contribution is 5.74. The van der Waals surface area contributed by atoms with Crippen molar-refractivity contribution in [2.75, 3.05) is 13.2 Å². The molecule has 7 nitrogen and oxygen atoms in total. The second-order valence-corrected chi connectivity index (χ2v) is 3.77. The summed E-state index contributed by atoms with van der Waals surface area (Å²) in [6.07, 6.45) is -2.54. The average Bonchev–Trinajstić information content (AvgIpc) is 2.13. The summed E-state index contributed by atoms with van der Waals surface area (Å²) < 4.78 is 5.03. The summed E-state index contributed by atoms with van der Waals surface area (Å²) in [4.78, 5) is 10.7. The maximum atomic E-state index is 10.7. The number of hydrogen-bond donors (Lipinski definition) is 5. The van der Waals surface area contributed by atoms with Crippen molar-refractivity contribution in [1.29, 1.82) is 0 Å². The number of rotatable bonds is 3. The third-order valence-corrected chi connectivity index (χ3v) is 2.58. The molecule has 1 heterocycles. The molecule has 7 heteroatoms. The van der Waals surface area contributed by atoms with E-state index in [1.165, 1.54) is 0 Å². The van der Waals surface area contributed by atoms with Crippen molar-refractivity contribution in [3.8, 4) is 0 Å². The molecule has 1 aliphatic heterocycles. The monoisotopic (exact) mass is 220 g/mol. The number of nitrogens with two attached hydrogens (primary N) is 2. The third-order valence-electron chi connectivity index (χ3n) is 2.58. The SMILES string of the molecule is NC(=O)C[C@@H]1CO[C@H](CO)[C@](N)(O)[C@@H]1O. The van der Waals surface area contributed by atoms with E-state index in [0.29, 0.717) is 0 Å². The second-order valence-electron chi connectivity index (χ2n) is 3.77. The van der Waals surface area contributed by atoms with Crippen LogP contribution in [0.25, 0.3) is 0 Å². The number of aliphatic hydroxyl groups excluding tert-OH is 2. The van der Waals surface area contributed by atoms with Crippen LogP contribution in [-0.2, 0) is 9.53 Å². The van der Waals surface area contributed by atoms with Crippen LogP contribution in [0.3, 0.4) is 0 Å². The van der Waals surface area contributed by atoms with E-state index >= 15 is 0 Å². The first-order valence-electron chi connectivity index (χ1n) is 4.59. The van der Waals surface area contributed by atoms with Crippen LogP contribution in [0.4, 0.5) is 0 Å². The van der Waals surface area contributed by atoms with Gasteiger partial charge in [-0.1, -0.05) is 0 Å². The molecule has 0 saturated carbocycles. The van der Waals surface area contributed by atoms with Gasteiger partial charge in [-0.25, -0.2) is 0 Å². The average molecular weight is 220 g/mol. The predicted molar refractivity (Wildman–Crippen MR) is 49.3 cm³/mol. The summed E-state index contributed by atoms with van der Waals surface area (Å²) in [6, 6.07) is 0. The van der Waals surface area contributed by atoms with Crippen molar-refractivity contribution in [2.24, 2.45) is 17.4 Å². The lowest BCUT2D eigenvalue weighted by atomic mass is 9.85. The highest BCUT2D eigenvalue weighted by Gasteiger charge is 2.48. The number of ether oxygens (including phenoxy) is 1. The first-order chi connectivity index (χ1) is 6.89. The molecule has 88 valence electrons. The Labute approximate surface area is 86.6 Å². The van der Waals surface area contributed by atoms with Crippen LogP contribution in [0, 0.1) is 5.92 Å². The quantitative estimate of drug-likeness (QED) is 0.319. The molecule has 1 aliphatic rings. The van der Waals surface area contributed by atoms with Crippen molar-refractivity contribution in [2.45, 2.75) is 24.4 Å². The molecular formula is C8H16N2O5. The number of aliphatic hydroxyl groups is 3. The highest BCUT2D eigenvalue weighted by atomic mass is 16.5. The fourth-order valence-corrected chi connectivity index (χ4v) is 1.66. The third kappa shape index (κ3) is 2.44. The van der Waals surface area contributed by atoms with E-state index in [9.17, 15) is 15.0 Å². The predicted octanol–water partition coefficient (Wildman–Crippen LogP) is -3.12. The Kier molecular flexibility index (Phi) is 3.63. The van der Waals surface area contributed by atoms with Crippen LogP contribution in [-0.4, -0.2) is 52.4 Å². The Morgan fingerprint density at radius 2 is 2.20 bits per heavy atom. The minimum absolute atomic E-state index is 0.0227. The maximum Gasteiger partial charge on any atom is 0.217 e. The molecule has 0 aromatic carbocycles. The van der Waals surface area contributed by atoms with Gasteiger partial charge in [-0.2, -0.15) is 0 Å². The topological polar surface area (TPSA) is 139 Å². The van der Waals surface area contributed by atoms with E-state index in [2.05, 4.69) is 0 Å². The Morgan fingerprint density at radius 1 is 1.60 bits per heavy atom. The van der Waals surface area contributed by atoms with E-state index in [-0.39, 0.29) is 13.0 Å². The fourth-order valence-electron chi connectivity index (χ4n) is 1.66. The van der Waals surface area contributed by atoms with E-state index in [1.54, 1.807) is 0 Å². The molecule has 4 atom stereocenters. The first kappa shape index (κ1) is 12.3. The lowest BCUT2D eigenvalue weighted by molar-refractivity contribution is -0.232. The van der Waals surface area contributed by atoms with Gasteiger partial charge in [0, 0.05) is 12.3 Å². The van der Waals surface area contributed by atoms with Gasteiger partial charge >= 0.3 is 0 Å². The summed E-state index contributed by atoms with van der Waals surface area (Å²) in [7, 11) is 0. The summed E-state index contributed by atoms with van der Waals surface area (Å²) in [5.74, 6) is -1.26. The lowest BCUT2D eigenvalue weighted by Crippen LogP contribution is -2.67. The molecule has 1 fully saturated rings. The minimum Gasteiger partial charge on any atom is -0.393 e. The van der Waals surface area contributed by atoms with Crippen LogP contribution in [0.1, 0.15) is 6.42 Å². The van der Waals surface area contributed by atoms with Gasteiger partial charge < -0.3 is 25.8 Å². The number of hydrogen-bond acceptors (Lipinski definition) is 6. The van der Waals surface area contributed by atoms with Crippen LogP contribution >= 0.6 is 0 Å². The Hall–Kier alpha value is -0.730. The molecular weight excluding hydrogens is 204 g/mol. The van der Waals surface area contributed by atoms with E-state index < -0.39 is 36.4 Å². The summed E-state index contributed by atoms with van der Waals surface area (Å²) >= 11 is 0. The molecule has 1 saturated heterocycles. The molecule has 1 amide bonds. The summed E-state index contributed by atoms with van der Waals surface area (Å²) in [5, 5.41) is 28.2. The van der Waals surface area contributed by atoms with Crippen molar-refractivity contribution in [3.05, 3.63) is 0 Å². The van der Waals surface area contributed by atoms with Crippen LogP contribution in [0.2, 0.25) is 0 Å². The molecule has 0 bridgehead atoms. The zero-order valence-corrected chi connectivity index (χ0v) is 8.17. The van der Waals surface area contributed by atoms with E-state index in [0.717, 1.165) is 0 Å².